The molecule has 0 aromatic heterocycles. The van der Waals surface area contributed by atoms with Crippen LogP contribution in [0.25, 0.3) is 0 Å². The Kier molecular flexibility index (Phi) is 11.2. The minimum absolute atomic E-state index is 0.0219. The van der Waals surface area contributed by atoms with Crippen molar-refractivity contribution in [3.8, 4) is 11.5 Å². The molecular weight excluding hydrogens is 678 g/mol. The number of likely N-dealkylation sites (tertiary alicyclic amines) is 1. The zero-order valence-electron chi connectivity index (χ0n) is 28.7. The molecule has 0 spiro atoms. The van der Waals surface area contributed by atoms with Crippen LogP contribution in [-0.4, -0.2) is 46.9 Å². The van der Waals surface area contributed by atoms with Crippen LogP contribution in [0.4, 0.5) is 16.2 Å². The highest BCUT2D eigenvalue weighted by atomic mass is 35.5. The molecule has 0 aliphatic carbocycles. The van der Waals surface area contributed by atoms with Crippen LogP contribution in [0.2, 0.25) is 5.02 Å². The van der Waals surface area contributed by atoms with Crippen LogP contribution in [0.15, 0.2) is 127 Å². The standard InChI is InChI=1S/C42H42ClN3O6/c43-33-14-12-32(13-15-33)42(49)22-24-46(25-23-42)27-38-26-39(30-8-6-29(28-47)7-9-30)52-40(51-38)31-10-16-34(17-11-31)44-41(48)45-35-18-20-37(21-19-35)50-36-4-2-1-3-5-36/h1-21,38-40,47,49H,22-28H2,(H2,44,45,48)/t38-,39+,40+/m1/s1. The monoisotopic (exact) mass is 719 g/mol. The molecule has 2 aliphatic heterocycles. The maximum atomic E-state index is 12.8. The molecule has 9 nitrogen and oxygen atoms in total. The molecule has 4 N–H and O–H groups in total. The predicted octanol–water partition coefficient (Wildman–Crippen LogP) is 8.80. The molecule has 52 heavy (non-hydrogen) atoms. The van der Waals surface area contributed by atoms with E-state index in [0.717, 1.165) is 41.1 Å². The number of benzene rings is 5. The largest absolute Gasteiger partial charge is 0.457 e. The average molecular weight is 720 g/mol. The van der Waals surface area contributed by atoms with Gasteiger partial charge in [0.15, 0.2) is 6.29 Å². The summed E-state index contributed by atoms with van der Waals surface area (Å²) in [5.74, 6) is 1.41. The number of hydrogen-bond acceptors (Lipinski definition) is 7. The fraction of sp³-hybridized carbons (Fsp3) is 0.262. The number of nitrogens with one attached hydrogen (secondary N) is 2. The van der Waals surface area contributed by atoms with Crippen molar-refractivity contribution in [3.63, 3.8) is 0 Å². The summed E-state index contributed by atoms with van der Waals surface area (Å²) in [5, 5.41) is 27.4. The third-order valence-electron chi connectivity index (χ3n) is 9.67. The van der Waals surface area contributed by atoms with E-state index < -0.39 is 11.9 Å². The Labute approximate surface area is 308 Å². The van der Waals surface area contributed by atoms with Gasteiger partial charge in [0, 0.05) is 48.0 Å². The van der Waals surface area contributed by atoms with Crippen molar-refractivity contribution >= 4 is 29.0 Å². The van der Waals surface area contributed by atoms with Crippen molar-refractivity contribution in [2.75, 3.05) is 30.3 Å². The van der Waals surface area contributed by atoms with Gasteiger partial charge in [-0.1, -0.05) is 78.3 Å². The third kappa shape index (κ3) is 9.00. The number of hydrogen-bond donors (Lipinski definition) is 4. The van der Waals surface area contributed by atoms with E-state index in [2.05, 4.69) is 15.5 Å². The molecule has 0 radical (unpaired) electrons. The number of piperidine rings is 1. The molecule has 0 unspecified atom stereocenters. The van der Waals surface area contributed by atoms with Crippen molar-refractivity contribution < 1.29 is 29.2 Å². The molecule has 2 fully saturated rings. The van der Waals surface area contributed by atoms with Gasteiger partial charge in [0.25, 0.3) is 0 Å². The predicted molar refractivity (Wildman–Crippen MR) is 201 cm³/mol. The number of rotatable bonds is 10. The lowest BCUT2D eigenvalue weighted by Gasteiger charge is -2.42. The summed E-state index contributed by atoms with van der Waals surface area (Å²) in [5.41, 5.74) is 3.95. The highest BCUT2D eigenvalue weighted by Gasteiger charge is 2.37. The minimum atomic E-state index is -0.883. The number of ether oxygens (including phenoxy) is 3. The number of halogens is 1. The summed E-state index contributed by atoms with van der Waals surface area (Å²) in [4.78, 5) is 15.2. The van der Waals surface area contributed by atoms with Gasteiger partial charge in [-0.05, 0) is 90.2 Å². The molecule has 0 saturated carbocycles. The number of anilines is 2. The van der Waals surface area contributed by atoms with Crippen LogP contribution in [0.5, 0.6) is 11.5 Å². The van der Waals surface area contributed by atoms with E-state index in [9.17, 15) is 15.0 Å². The van der Waals surface area contributed by atoms with E-state index in [1.165, 1.54) is 0 Å². The lowest BCUT2D eigenvalue weighted by atomic mass is 9.84. The van der Waals surface area contributed by atoms with Gasteiger partial charge in [-0.15, -0.1) is 0 Å². The fourth-order valence-electron chi connectivity index (χ4n) is 6.72. The summed E-state index contributed by atoms with van der Waals surface area (Å²) in [6, 6.07) is 39.1. The van der Waals surface area contributed by atoms with Gasteiger partial charge >= 0.3 is 6.03 Å². The van der Waals surface area contributed by atoms with Gasteiger partial charge < -0.3 is 40.0 Å². The normalized spacial score (nSPS) is 20.2. The van der Waals surface area contributed by atoms with Gasteiger partial charge in [0.1, 0.15) is 11.5 Å². The number of carbonyl (C=O) groups excluding carboxylic acids is 1. The van der Waals surface area contributed by atoms with Crippen molar-refractivity contribution in [1.29, 1.82) is 0 Å². The molecule has 268 valence electrons. The summed E-state index contributed by atoms with van der Waals surface area (Å²) >= 11 is 6.08. The Morgan fingerprint density at radius 2 is 1.37 bits per heavy atom. The Morgan fingerprint density at radius 1 is 0.769 bits per heavy atom. The average Bonchev–Trinajstić information content (AvgIpc) is 3.17. The Hall–Kier alpha value is -4.74. The second-order valence-electron chi connectivity index (χ2n) is 13.3. The second kappa shape index (κ2) is 16.3. The van der Waals surface area contributed by atoms with Crippen LogP contribution in [0.3, 0.4) is 0 Å². The van der Waals surface area contributed by atoms with E-state index in [4.69, 9.17) is 25.8 Å². The third-order valence-corrected chi connectivity index (χ3v) is 9.93. The Balaban J connectivity index is 0.978. The van der Waals surface area contributed by atoms with E-state index in [-0.39, 0.29) is 24.8 Å². The molecule has 5 aromatic carbocycles. The fourth-order valence-corrected chi connectivity index (χ4v) is 6.85. The van der Waals surface area contributed by atoms with Crippen LogP contribution in [0.1, 0.15) is 53.9 Å². The zero-order chi connectivity index (χ0) is 35.9. The number of carbonyl (C=O) groups is 1. The van der Waals surface area contributed by atoms with Crippen molar-refractivity contribution in [2.45, 2.75) is 50.0 Å². The first-order valence-electron chi connectivity index (χ1n) is 17.5. The van der Waals surface area contributed by atoms with Crippen molar-refractivity contribution in [2.24, 2.45) is 0 Å². The number of nitrogens with zero attached hydrogens (tertiary/aromatic N) is 1. The molecule has 0 bridgehead atoms. The van der Waals surface area contributed by atoms with Crippen molar-refractivity contribution in [3.05, 3.63) is 155 Å². The molecule has 2 heterocycles. The minimum Gasteiger partial charge on any atom is -0.457 e. The first kappa shape index (κ1) is 35.7. The number of amides is 2. The van der Waals surface area contributed by atoms with Gasteiger partial charge in [-0.2, -0.15) is 0 Å². The van der Waals surface area contributed by atoms with Crippen molar-refractivity contribution in [1.82, 2.24) is 4.90 Å². The van der Waals surface area contributed by atoms with Crippen LogP contribution in [0, 0.1) is 0 Å². The van der Waals surface area contributed by atoms with E-state index in [1.54, 1.807) is 24.3 Å². The number of para-hydroxylation sites is 1. The molecule has 3 atom stereocenters. The highest BCUT2D eigenvalue weighted by molar-refractivity contribution is 6.30. The van der Waals surface area contributed by atoms with E-state index in [0.29, 0.717) is 48.0 Å². The van der Waals surface area contributed by atoms with E-state index >= 15 is 0 Å². The van der Waals surface area contributed by atoms with Gasteiger partial charge in [-0.25, -0.2) is 4.79 Å². The molecule has 2 amide bonds. The van der Waals surface area contributed by atoms with Gasteiger partial charge in [0.2, 0.25) is 0 Å². The summed E-state index contributed by atoms with van der Waals surface area (Å²) < 4.78 is 18.9. The van der Waals surface area contributed by atoms with Crippen LogP contribution in [-0.2, 0) is 21.7 Å². The Morgan fingerprint density at radius 3 is 2.00 bits per heavy atom. The summed E-state index contributed by atoms with van der Waals surface area (Å²) in [6.45, 7) is 2.13. The summed E-state index contributed by atoms with van der Waals surface area (Å²) in [6.07, 6.45) is 0.909. The molecule has 2 saturated heterocycles. The molecule has 2 aliphatic rings. The smallest absolute Gasteiger partial charge is 0.323 e. The topological polar surface area (TPSA) is 113 Å². The maximum Gasteiger partial charge on any atom is 0.323 e. The SMILES string of the molecule is O=C(Nc1ccc(Oc2ccccc2)cc1)Nc1ccc([C@H]2O[C@@H](CN3CCC(O)(c4ccc(Cl)cc4)CC3)C[C@@H](c3ccc(CO)cc3)O2)cc1. The summed E-state index contributed by atoms with van der Waals surface area (Å²) in [7, 11) is 0. The number of aliphatic hydroxyl groups excluding tert-OH is 1. The van der Waals surface area contributed by atoms with Crippen LogP contribution >= 0.6 is 11.6 Å². The molecule has 7 rings (SSSR count). The highest BCUT2D eigenvalue weighted by Crippen LogP contribution is 2.40. The lowest BCUT2D eigenvalue weighted by molar-refractivity contribution is -0.253. The number of urea groups is 1. The van der Waals surface area contributed by atoms with Gasteiger partial charge in [-0.3, -0.25) is 0 Å². The van der Waals surface area contributed by atoms with E-state index in [1.807, 2.05) is 103 Å². The molecular formula is C42H42ClN3O6. The lowest BCUT2D eigenvalue weighted by Crippen LogP contribution is -2.46. The number of aliphatic hydroxyl groups is 2. The Bertz CT molecular complexity index is 1900. The molecule has 10 heteroatoms. The first-order chi connectivity index (χ1) is 25.3. The van der Waals surface area contributed by atoms with Crippen LogP contribution < -0.4 is 15.4 Å². The molecule has 5 aromatic rings. The quantitative estimate of drug-likeness (QED) is 0.114. The maximum absolute atomic E-state index is 12.8. The second-order valence-corrected chi connectivity index (χ2v) is 13.8. The van der Waals surface area contributed by atoms with Gasteiger partial charge in [0.05, 0.1) is 24.4 Å². The first-order valence-corrected chi connectivity index (χ1v) is 17.9. The zero-order valence-corrected chi connectivity index (χ0v) is 29.4.